The van der Waals surface area contributed by atoms with E-state index < -0.39 is 63.7 Å². The van der Waals surface area contributed by atoms with Gasteiger partial charge in [-0.2, -0.15) is 48.3 Å². The molecule has 0 aliphatic rings. The van der Waals surface area contributed by atoms with Gasteiger partial charge in [0.15, 0.2) is 0 Å². The Bertz CT molecular complexity index is 909. The van der Waals surface area contributed by atoms with Crippen LogP contribution in [-0.4, -0.2) is 12.1 Å². The van der Waals surface area contributed by atoms with Gasteiger partial charge in [-0.25, -0.2) is 4.39 Å². The van der Waals surface area contributed by atoms with Crippen molar-refractivity contribution in [2.75, 3.05) is 11.5 Å². The zero-order valence-electron chi connectivity index (χ0n) is 14.7. The summed E-state index contributed by atoms with van der Waals surface area (Å²) < 4.78 is 164. The topological polar surface area (TPSA) is 52.0 Å². The molecule has 0 saturated carbocycles. The average Bonchev–Trinajstić information content (AvgIpc) is 2.58. The van der Waals surface area contributed by atoms with Gasteiger partial charge in [-0.15, -0.1) is 0 Å². The second-order valence-corrected chi connectivity index (χ2v) is 6.34. The van der Waals surface area contributed by atoms with E-state index in [2.05, 4.69) is 0 Å². The zero-order valence-corrected chi connectivity index (χ0v) is 14.7. The fourth-order valence-corrected chi connectivity index (χ4v) is 2.87. The third kappa shape index (κ3) is 4.06. The van der Waals surface area contributed by atoms with Crippen LogP contribution in [0.15, 0.2) is 36.4 Å². The summed E-state index contributed by atoms with van der Waals surface area (Å²) >= 11 is 0. The van der Waals surface area contributed by atoms with Crippen molar-refractivity contribution >= 4 is 11.4 Å². The minimum Gasteiger partial charge on any atom is -0.399 e. The molecule has 0 aromatic heterocycles. The number of benzene rings is 2. The van der Waals surface area contributed by atoms with E-state index in [9.17, 15) is 48.3 Å². The predicted octanol–water partition coefficient (Wildman–Crippen LogP) is 6.30. The molecule has 0 aliphatic heterocycles. The summed E-state index contributed by atoms with van der Waals surface area (Å²) in [6, 6.07) is 0.00976. The van der Waals surface area contributed by atoms with Gasteiger partial charge in [0.25, 0.3) is 0 Å². The molecule has 0 fully saturated rings. The first-order valence-corrected chi connectivity index (χ1v) is 7.82. The highest BCUT2D eigenvalue weighted by molar-refractivity contribution is 5.56. The van der Waals surface area contributed by atoms with E-state index in [1.807, 2.05) is 0 Å². The monoisotopic (exact) mass is 470 g/mol. The highest BCUT2D eigenvalue weighted by Crippen LogP contribution is 2.58. The van der Waals surface area contributed by atoms with Gasteiger partial charge in [-0.3, -0.25) is 0 Å². The van der Waals surface area contributed by atoms with E-state index in [1.54, 1.807) is 0 Å². The summed E-state index contributed by atoms with van der Waals surface area (Å²) in [5.41, 5.74) is -6.76. The Labute approximate surface area is 165 Å². The molecule has 14 heteroatoms. The van der Waals surface area contributed by atoms with Crippen molar-refractivity contribution in [3.8, 4) is 0 Å². The van der Waals surface area contributed by atoms with Crippen LogP contribution in [0.1, 0.15) is 22.3 Å². The van der Waals surface area contributed by atoms with Crippen LogP contribution in [0.3, 0.4) is 0 Å². The van der Waals surface area contributed by atoms with Crippen molar-refractivity contribution < 1.29 is 52.7 Å². The Morgan fingerprint density at radius 1 is 0.484 bits per heavy atom. The van der Waals surface area contributed by atoms with E-state index in [4.69, 9.17) is 11.5 Å². The summed E-state index contributed by atoms with van der Waals surface area (Å²) in [4.78, 5) is 0. The number of rotatable bonds is 3. The van der Waals surface area contributed by atoms with Crippen molar-refractivity contribution in [1.82, 2.24) is 0 Å². The summed E-state index contributed by atoms with van der Waals surface area (Å²) in [6.07, 6.45) is -18.4. The van der Waals surface area contributed by atoms with Crippen molar-refractivity contribution in [1.29, 1.82) is 0 Å². The van der Waals surface area contributed by atoms with Gasteiger partial charge in [0.05, 0.1) is 11.1 Å². The van der Waals surface area contributed by atoms with Crippen molar-refractivity contribution in [2.45, 2.75) is 30.1 Å². The highest BCUT2D eigenvalue weighted by Gasteiger charge is 2.74. The van der Waals surface area contributed by atoms with E-state index in [1.165, 1.54) is 0 Å². The molecular formula is C17H10F12N2. The molecule has 31 heavy (non-hydrogen) atoms. The number of alkyl halides is 12. The Hall–Kier alpha value is -2.80. The Morgan fingerprint density at radius 2 is 0.806 bits per heavy atom. The number of hydrogen-bond donors (Lipinski definition) is 2. The molecule has 2 nitrogen and oxygen atoms in total. The number of nitrogens with two attached hydrogens (primary N) is 2. The van der Waals surface area contributed by atoms with Crippen LogP contribution in [0.2, 0.25) is 0 Å². The van der Waals surface area contributed by atoms with Gasteiger partial charge >= 0.3 is 24.5 Å². The second-order valence-electron chi connectivity index (χ2n) is 6.34. The average molecular weight is 470 g/mol. The Balaban J connectivity index is 3.12. The van der Waals surface area contributed by atoms with Crippen LogP contribution in [0.4, 0.5) is 64.1 Å². The first kappa shape index (κ1) is 24.5. The molecule has 0 aliphatic carbocycles. The minimum atomic E-state index is -6.89. The molecule has 2 aromatic carbocycles. The van der Waals surface area contributed by atoms with Crippen LogP contribution in [0.25, 0.3) is 0 Å². The molecule has 0 atom stereocenters. The van der Waals surface area contributed by atoms with E-state index in [-0.39, 0.29) is 24.3 Å². The van der Waals surface area contributed by atoms with Gasteiger partial charge in [0.2, 0.25) is 5.67 Å². The largest absolute Gasteiger partial charge is 0.457 e. The lowest BCUT2D eigenvalue weighted by atomic mass is 9.77. The predicted molar refractivity (Wildman–Crippen MR) is 84.6 cm³/mol. The molecule has 0 saturated heterocycles. The molecule has 0 heterocycles. The molecule has 0 radical (unpaired) electrons. The first-order valence-electron chi connectivity index (χ1n) is 7.82. The summed E-state index contributed by atoms with van der Waals surface area (Å²) in [7, 11) is 0. The fourth-order valence-electron chi connectivity index (χ4n) is 2.87. The second kappa shape index (κ2) is 7.12. The Morgan fingerprint density at radius 3 is 1.06 bits per heavy atom. The lowest BCUT2D eigenvalue weighted by molar-refractivity contribution is -0.324. The fraction of sp³-hybridized carbons (Fsp3) is 0.294. The molecule has 0 amide bonds. The molecule has 0 unspecified atom stereocenters. The molecule has 0 bridgehead atoms. The maximum absolute atomic E-state index is 15.8. The van der Waals surface area contributed by atoms with Crippen molar-refractivity contribution in [2.24, 2.45) is 0 Å². The van der Waals surface area contributed by atoms with Crippen molar-refractivity contribution in [3.63, 3.8) is 0 Å². The van der Waals surface area contributed by atoms with Gasteiger partial charge < -0.3 is 11.5 Å². The molecule has 4 N–H and O–H groups in total. The van der Waals surface area contributed by atoms with Crippen LogP contribution >= 0.6 is 0 Å². The van der Waals surface area contributed by atoms with E-state index >= 15 is 4.39 Å². The highest BCUT2D eigenvalue weighted by atomic mass is 19.4. The van der Waals surface area contributed by atoms with Crippen LogP contribution in [0.5, 0.6) is 0 Å². The quantitative estimate of drug-likeness (QED) is 0.409. The first-order chi connectivity index (χ1) is 13.7. The maximum Gasteiger partial charge on any atom is 0.457 e. The third-order valence-electron chi connectivity index (χ3n) is 4.23. The lowest BCUT2D eigenvalue weighted by Crippen LogP contribution is -2.54. The summed E-state index contributed by atoms with van der Waals surface area (Å²) in [5, 5.41) is 0. The summed E-state index contributed by atoms with van der Waals surface area (Å²) in [5.74, 6) is -6.74. The van der Waals surface area contributed by atoms with Crippen molar-refractivity contribution in [3.05, 3.63) is 58.7 Å². The third-order valence-corrected chi connectivity index (χ3v) is 4.23. The van der Waals surface area contributed by atoms with E-state index in [0.717, 1.165) is 0 Å². The van der Waals surface area contributed by atoms with Crippen LogP contribution < -0.4 is 11.5 Å². The smallest absolute Gasteiger partial charge is 0.399 e. The summed E-state index contributed by atoms with van der Waals surface area (Å²) in [6.45, 7) is 0. The number of halogens is 12. The number of nitrogen functional groups attached to an aromatic ring is 2. The minimum absolute atomic E-state index is 0.166. The van der Waals surface area contributed by atoms with Gasteiger partial charge in [-0.1, -0.05) is 12.1 Å². The van der Waals surface area contributed by atoms with E-state index in [0.29, 0.717) is 12.1 Å². The normalized spacial score (nSPS) is 14.1. The number of anilines is 2. The zero-order chi connectivity index (χ0) is 24.2. The van der Waals surface area contributed by atoms with Crippen LogP contribution in [0, 0.1) is 0 Å². The molecule has 0 spiro atoms. The van der Waals surface area contributed by atoms with Gasteiger partial charge in [0, 0.05) is 22.5 Å². The Kier molecular flexibility index (Phi) is 5.62. The maximum atomic E-state index is 15.8. The molecule has 2 aromatic rings. The van der Waals surface area contributed by atoms with Crippen LogP contribution in [-0.2, 0) is 18.0 Å². The standard InChI is InChI=1S/C17H10F12N2/c18-13(16(25,26)17(27,28)29,9-3-1-7(30)5-11(9)14(19,20)21)10-4-2-8(31)6-12(10)15(22,23)24/h1-6H,30-31H2. The number of hydrogen-bond acceptors (Lipinski definition) is 2. The molecule has 172 valence electrons. The van der Waals surface area contributed by atoms with Gasteiger partial charge in [0.1, 0.15) is 0 Å². The molecular weight excluding hydrogens is 460 g/mol. The SMILES string of the molecule is Nc1ccc(C(F)(c2ccc(N)cc2C(F)(F)F)C(F)(F)C(F)(F)F)c(C(F)(F)F)c1. The lowest BCUT2D eigenvalue weighted by Gasteiger charge is -2.38. The van der Waals surface area contributed by atoms with Gasteiger partial charge in [-0.05, 0) is 24.3 Å². The molecule has 2 rings (SSSR count).